The van der Waals surface area contributed by atoms with Crippen LogP contribution in [0.1, 0.15) is 27.3 Å². The Hall–Kier alpha value is -3.65. The fourth-order valence-corrected chi connectivity index (χ4v) is 4.59. The molecule has 168 valence electrons. The summed E-state index contributed by atoms with van der Waals surface area (Å²) in [6.07, 6.45) is 1.86. The van der Waals surface area contributed by atoms with E-state index in [4.69, 9.17) is 4.74 Å². The molecule has 0 aliphatic carbocycles. The van der Waals surface area contributed by atoms with Gasteiger partial charge in [-0.1, -0.05) is 0 Å². The van der Waals surface area contributed by atoms with Gasteiger partial charge in [-0.25, -0.2) is 14.2 Å². The molecule has 0 N–H and O–H groups in total. The van der Waals surface area contributed by atoms with E-state index in [-0.39, 0.29) is 11.7 Å². The zero-order chi connectivity index (χ0) is 23.7. The lowest BCUT2D eigenvalue weighted by atomic mass is 10.2. The molecular weight excluding hydrogens is 441 g/mol. The van der Waals surface area contributed by atoms with Crippen molar-refractivity contribution in [3.8, 4) is 5.69 Å². The monoisotopic (exact) mass is 463 g/mol. The second-order valence-corrected chi connectivity index (χ2v) is 8.56. The Morgan fingerprint density at radius 1 is 1.09 bits per heavy atom. The molecule has 1 saturated heterocycles. The molecule has 3 aromatic rings. The minimum atomic E-state index is -0.416. The largest absolute Gasteiger partial charge is 0.465 e. The Morgan fingerprint density at radius 3 is 2.39 bits per heavy atom. The molecule has 1 aliphatic rings. The summed E-state index contributed by atoms with van der Waals surface area (Å²) < 4.78 is 20.1. The predicted molar refractivity (Wildman–Crippen MR) is 128 cm³/mol. The van der Waals surface area contributed by atoms with Gasteiger partial charge in [0.05, 0.1) is 23.3 Å². The maximum Gasteiger partial charge on any atom is 0.337 e. The molecule has 4 rings (SSSR count). The van der Waals surface area contributed by atoms with Gasteiger partial charge in [0, 0.05) is 24.1 Å². The number of aromatic nitrogens is 1. The Bertz CT molecular complexity index is 1290. The van der Waals surface area contributed by atoms with Crippen LogP contribution >= 0.6 is 11.8 Å². The van der Waals surface area contributed by atoms with E-state index in [0.29, 0.717) is 21.3 Å². The molecule has 1 aromatic heterocycles. The highest BCUT2D eigenvalue weighted by atomic mass is 32.2. The van der Waals surface area contributed by atoms with E-state index < -0.39 is 5.97 Å². The second kappa shape index (κ2) is 9.07. The molecule has 0 atom stereocenters. The average molecular weight is 464 g/mol. The van der Waals surface area contributed by atoms with Crippen LogP contribution in [0, 0.1) is 19.7 Å². The summed E-state index contributed by atoms with van der Waals surface area (Å²) in [5.74, 6) is -0.844. The Labute approximate surface area is 195 Å². The first-order valence-electron chi connectivity index (χ1n) is 10.2. The molecule has 0 bridgehead atoms. The number of hydrogen-bond donors (Lipinski definition) is 0. The lowest BCUT2D eigenvalue weighted by Crippen LogP contribution is -2.23. The SMILES string of the molecule is COC(=O)c1ccc(N=C2S/C(=C\c3cc(C)n(-c4ccc(F)cc4)c3C)C(=O)N2C)cc1. The normalized spacial score (nSPS) is 16.2. The number of aliphatic imine (C=N–C) groups is 1. The van der Waals surface area contributed by atoms with Crippen LogP contribution in [-0.2, 0) is 9.53 Å². The summed E-state index contributed by atoms with van der Waals surface area (Å²) in [6, 6.07) is 15.0. The standard InChI is InChI=1S/C25H22FN3O3S/c1-15-13-18(16(2)29(15)21-11-7-19(26)8-12-21)14-22-23(30)28(3)25(33-22)27-20-9-5-17(6-10-20)24(31)32-4/h5-14H,1-4H3/b22-14-,27-25?. The molecule has 2 heterocycles. The molecule has 33 heavy (non-hydrogen) atoms. The highest BCUT2D eigenvalue weighted by Gasteiger charge is 2.30. The number of amidine groups is 1. The van der Waals surface area contributed by atoms with Crippen LogP contribution in [0.15, 0.2) is 64.5 Å². The van der Waals surface area contributed by atoms with E-state index in [2.05, 4.69) is 4.99 Å². The van der Waals surface area contributed by atoms with Gasteiger partial charge < -0.3 is 9.30 Å². The quantitative estimate of drug-likeness (QED) is 0.391. The summed E-state index contributed by atoms with van der Waals surface area (Å²) >= 11 is 1.29. The van der Waals surface area contributed by atoms with Crippen LogP contribution < -0.4 is 0 Å². The number of thioether (sulfide) groups is 1. The first-order valence-corrected chi connectivity index (χ1v) is 11.0. The van der Waals surface area contributed by atoms with Crippen molar-refractivity contribution in [3.63, 3.8) is 0 Å². The number of aryl methyl sites for hydroxylation is 1. The number of esters is 1. The third-order valence-corrected chi connectivity index (χ3v) is 6.42. The molecule has 1 fully saturated rings. The minimum absolute atomic E-state index is 0.142. The zero-order valence-corrected chi connectivity index (χ0v) is 19.4. The van der Waals surface area contributed by atoms with Crippen LogP contribution in [0.4, 0.5) is 10.1 Å². The van der Waals surface area contributed by atoms with Crippen LogP contribution in [0.5, 0.6) is 0 Å². The lowest BCUT2D eigenvalue weighted by Gasteiger charge is -2.09. The third-order valence-electron chi connectivity index (χ3n) is 5.36. The fraction of sp³-hybridized carbons (Fsp3) is 0.160. The first kappa shape index (κ1) is 22.5. The van der Waals surface area contributed by atoms with E-state index in [1.807, 2.05) is 30.6 Å². The lowest BCUT2D eigenvalue weighted by molar-refractivity contribution is -0.121. The molecule has 0 spiro atoms. The minimum Gasteiger partial charge on any atom is -0.465 e. The van der Waals surface area contributed by atoms with Crippen molar-refractivity contribution in [1.29, 1.82) is 0 Å². The van der Waals surface area contributed by atoms with Crippen molar-refractivity contribution in [2.24, 2.45) is 4.99 Å². The van der Waals surface area contributed by atoms with E-state index in [0.717, 1.165) is 22.6 Å². The van der Waals surface area contributed by atoms with Crippen molar-refractivity contribution in [1.82, 2.24) is 9.47 Å². The van der Waals surface area contributed by atoms with Crippen molar-refractivity contribution in [2.75, 3.05) is 14.2 Å². The van der Waals surface area contributed by atoms with E-state index in [9.17, 15) is 14.0 Å². The van der Waals surface area contributed by atoms with Gasteiger partial charge in [0.15, 0.2) is 5.17 Å². The van der Waals surface area contributed by atoms with Gasteiger partial charge >= 0.3 is 5.97 Å². The van der Waals surface area contributed by atoms with Crippen molar-refractivity contribution in [3.05, 3.63) is 87.8 Å². The number of methoxy groups -OCH3 is 1. The zero-order valence-electron chi connectivity index (χ0n) is 18.6. The van der Waals surface area contributed by atoms with Gasteiger partial charge in [-0.05, 0) is 91.8 Å². The van der Waals surface area contributed by atoms with E-state index in [1.165, 1.54) is 35.9 Å². The number of amides is 1. The Kier molecular flexibility index (Phi) is 6.20. The van der Waals surface area contributed by atoms with Gasteiger partial charge in [-0.15, -0.1) is 0 Å². The Morgan fingerprint density at radius 2 is 1.76 bits per heavy atom. The highest BCUT2D eigenvalue weighted by molar-refractivity contribution is 8.18. The first-order chi connectivity index (χ1) is 15.8. The fourth-order valence-electron chi connectivity index (χ4n) is 3.61. The molecule has 6 nitrogen and oxygen atoms in total. The molecular formula is C25H22FN3O3S. The molecule has 0 unspecified atom stereocenters. The van der Waals surface area contributed by atoms with Crippen molar-refractivity contribution in [2.45, 2.75) is 13.8 Å². The molecule has 0 radical (unpaired) electrons. The number of halogens is 1. The number of benzene rings is 2. The summed E-state index contributed by atoms with van der Waals surface area (Å²) in [6.45, 7) is 3.94. The third kappa shape index (κ3) is 4.47. The van der Waals surface area contributed by atoms with Gasteiger partial charge in [0.1, 0.15) is 5.82 Å². The molecule has 0 saturated carbocycles. The van der Waals surface area contributed by atoms with Gasteiger partial charge in [-0.2, -0.15) is 0 Å². The van der Waals surface area contributed by atoms with Crippen LogP contribution in [0.25, 0.3) is 11.8 Å². The highest BCUT2D eigenvalue weighted by Crippen LogP contribution is 2.34. The predicted octanol–water partition coefficient (Wildman–Crippen LogP) is 5.25. The number of likely N-dealkylation sites (N-methyl/N-ethyl adjacent to an activating group) is 1. The Balaban J connectivity index is 1.62. The van der Waals surface area contributed by atoms with Gasteiger partial charge in [0.2, 0.25) is 0 Å². The molecule has 1 aliphatic heterocycles. The van der Waals surface area contributed by atoms with Gasteiger partial charge in [0.25, 0.3) is 5.91 Å². The van der Waals surface area contributed by atoms with Crippen LogP contribution in [0.2, 0.25) is 0 Å². The average Bonchev–Trinajstić information content (AvgIpc) is 3.24. The summed E-state index contributed by atoms with van der Waals surface area (Å²) in [5, 5.41) is 0.546. The topological polar surface area (TPSA) is 63.9 Å². The number of rotatable bonds is 4. The number of carbonyl (C=O) groups excluding carboxylic acids is 2. The summed E-state index contributed by atoms with van der Waals surface area (Å²) in [5.41, 5.74) is 4.75. The van der Waals surface area contributed by atoms with Crippen LogP contribution in [0.3, 0.4) is 0 Å². The number of nitrogens with zero attached hydrogens (tertiary/aromatic N) is 3. The summed E-state index contributed by atoms with van der Waals surface area (Å²) in [4.78, 5) is 31.1. The molecule has 8 heteroatoms. The van der Waals surface area contributed by atoms with E-state index in [1.54, 1.807) is 43.4 Å². The maximum atomic E-state index is 13.3. The van der Waals surface area contributed by atoms with Crippen molar-refractivity contribution < 1.29 is 18.7 Å². The maximum absolute atomic E-state index is 13.3. The molecule has 2 aromatic carbocycles. The van der Waals surface area contributed by atoms with Crippen molar-refractivity contribution >= 4 is 40.6 Å². The number of ether oxygens (including phenoxy) is 1. The van der Waals surface area contributed by atoms with Crippen LogP contribution in [-0.4, -0.2) is 40.7 Å². The summed E-state index contributed by atoms with van der Waals surface area (Å²) in [7, 11) is 3.01. The number of hydrogen-bond acceptors (Lipinski definition) is 5. The second-order valence-electron chi connectivity index (χ2n) is 7.55. The van der Waals surface area contributed by atoms with E-state index >= 15 is 0 Å². The smallest absolute Gasteiger partial charge is 0.337 e. The number of carbonyl (C=O) groups is 2. The molecule has 1 amide bonds. The van der Waals surface area contributed by atoms with Gasteiger partial charge in [-0.3, -0.25) is 9.69 Å².